The van der Waals surface area contributed by atoms with E-state index in [1.807, 2.05) is 12.1 Å². The molecule has 0 saturated heterocycles. The molecular formula is C19H21BrN2O4S2. The maximum absolute atomic E-state index is 13.1. The second-order valence-corrected chi connectivity index (χ2v) is 11.7. The summed E-state index contributed by atoms with van der Waals surface area (Å²) in [6.07, 6.45) is 1.62. The van der Waals surface area contributed by atoms with Gasteiger partial charge in [-0.1, -0.05) is 18.2 Å². The lowest BCUT2D eigenvalue weighted by Gasteiger charge is -2.19. The molecule has 9 heteroatoms. The molecule has 6 nitrogen and oxygen atoms in total. The van der Waals surface area contributed by atoms with Gasteiger partial charge < -0.3 is 10.1 Å². The topological polar surface area (TPSA) is 77.4 Å². The van der Waals surface area contributed by atoms with Crippen molar-refractivity contribution in [3.63, 3.8) is 0 Å². The summed E-state index contributed by atoms with van der Waals surface area (Å²) < 4.78 is 33.7. The van der Waals surface area contributed by atoms with Crippen LogP contribution in [0.1, 0.15) is 26.3 Å². The van der Waals surface area contributed by atoms with Crippen LogP contribution in [0.4, 0.5) is 4.79 Å². The van der Waals surface area contributed by atoms with E-state index in [-0.39, 0.29) is 4.21 Å². The summed E-state index contributed by atoms with van der Waals surface area (Å²) >= 11 is 4.48. The number of carbonyl (C=O) groups is 1. The predicted octanol–water partition coefficient (Wildman–Crippen LogP) is 4.77. The Morgan fingerprint density at radius 3 is 2.57 bits per heavy atom. The third kappa shape index (κ3) is 4.59. The zero-order valence-electron chi connectivity index (χ0n) is 15.7. The summed E-state index contributed by atoms with van der Waals surface area (Å²) in [6, 6.07) is 10.6. The predicted molar refractivity (Wildman–Crippen MR) is 114 cm³/mol. The van der Waals surface area contributed by atoms with Gasteiger partial charge >= 0.3 is 6.09 Å². The number of aromatic nitrogens is 1. The number of nitrogens with zero attached hydrogens (tertiary/aromatic N) is 1. The van der Waals surface area contributed by atoms with Crippen LogP contribution in [-0.4, -0.2) is 30.6 Å². The molecule has 0 radical (unpaired) electrons. The molecule has 0 aliphatic heterocycles. The van der Waals surface area contributed by atoms with Gasteiger partial charge in [0, 0.05) is 18.1 Å². The van der Waals surface area contributed by atoms with Gasteiger partial charge in [0.25, 0.3) is 10.0 Å². The van der Waals surface area contributed by atoms with Crippen molar-refractivity contribution in [3.05, 3.63) is 51.9 Å². The maximum Gasteiger partial charge on any atom is 0.407 e. The highest BCUT2D eigenvalue weighted by Gasteiger charge is 2.23. The summed E-state index contributed by atoms with van der Waals surface area (Å²) in [5.41, 5.74) is 0.883. The highest BCUT2D eigenvalue weighted by Crippen LogP contribution is 2.31. The summed E-state index contributed by atoms with van der Waals surface area (Å²) in [7, 11) is -3.70. The maximum atomic E-state index is 13.1. The van der Waals surface area contributed by atoms with Crippen LogP contribution >= 0.6 is 27.3 Å². The van der Waals surface area contributed by atoms with E-state index in [4.69, 9.17) is 4.74 Å². The lowest BCUT2D eigenvalue weighted by molar-refractivity contribution is 0.0528. The molecule has 28 heavy (non-hydrogen) atoms. The number of amides is 1. The molecule has 0 aliphatic carbocycles. The smallest absolute Gasteiger partial charge is 0.407 e. The molecular weight excluding hydrogens is 464 g/mol. The van der Waals surface area contributed by atoms with E-state index in [1.54, 1.807) is 51.2 Å². The standard InChI is InChI=1S/C19H21BrN2O4S2/c1-19(2,3)26-18(23)21-11-10-13-12-22(15-7-5-4-6-14(13)15)28(24,25)17-9-8-16(20)27-17/h4-9,12H,10-11H2,1-3H3,(H,21,23). The molecule has 0 atom stereocenters. The summed E-state index contributed by atoms with van der Waals surface area (Å²) in [4.78, 5) is 11.8. The number of alkyl carbamates (subject to hydrolysis) is 1. The third-order valence-electron chi connectivity index (χ3n) is 3.88. The molecule has 0 spiro atoms. The zero-order chi connectivity index (χ0) is 20.5. The number of benzene rings is 1. The fourth-order valence-corrected chi connectivity index (χ4v) is 6.25. The Hall–Kier alpha value is -1.84. The van der Waals surface area contributed by atoms with Crippen LogP contribution in [0.25, 0.3) is 10.9 Å². The minimum atomic E-state index is -3.70. The van der Waals surface area contributed by atoms with Gasteiger partial charge in [-0.05, 0) is 66.9 Å². The summed E-state index contributed by atoms with van der Waals surface area (Å²) in [5.74, 6) is 0. The Kier molecular flexibility index (Phi) is 5.88. The van der Waals surface area contributed by atoms with Crippen molar-refractivity contribution < 1.29 is 17.9 Å². The summed E-state index contributed by atoms with van der Waals surface area (Å²) in [5, 5.41) is 3.55. The molecule has 0 unspecified atom stereocenters. The highest BCUT2D eigenvalue weighted by atomic mass is 79.9. The molecule has 1 aromatic carbocycles. The first-order chi connectivity index (χ1) is 13.1. The van der Waals surface area contributed by atoms with E-state index in [0.717, 1.165) is 14.7 Å². The molecule has 2 aromatic heterocycles. The Labute approximate surface area is 176 Å². The molecule has 1 N–H and O–H groups in total. The fourth-order valence-electron chi connectivity index (χ4n) is 2.76. The quantitative estimate of drug-likeness (QED) is 0.565. The Bertz CT molecular complexity index is 1110. The van der Waals surface area contributed by atoms with Crippen LogP contribution < -0.4 is 5.32 Å². The number of ether oxygens (including phenoxy) is 1. The number of hydrogen-bond donors (Lipinski definition) is 1. The van der Waals surface area contributed by atoms with Crippen molar-refractivity contribution in [2.24, 2.45) is 0 Å². The summed E-state index contributed by atoms with van der Waals surface area (Å²) in [6.45, 7) is 5.74. The van der Waals surface area contributed by atoms with Crippen LogP contribution in [0.3, 0.4) is 0 Å². The van der Waals surface area contributed by atoms with Crippen molar-refractivity contribution in [2.45, 2.75) is 37.0 Å². The molecule has 0 saturated carbocycles. The number of nitrogens with one attached hydrogen (secondary N) is 1. The average Bonchev–Trinajstić information content (AvgIpc) is 3.18. The van der Waals surface area contributed by atoms with E-state index < -0.39 is 21.7 Å². The molecule has 150 valence electrons. The van der Waals surface area contributed by atoms with Gasteiger partial charge in [0.15, 0.2) is 0 Å². The van der Waals surface area contributed by atoms with Crippen molar-refractivity contribution in [3.8, 4) is 0 Å². The highest BCUT2D eigenvalue weighted by molar-refractivity contribution is 9.11. The Morgan fingerprint density at radius 2 is 1.93 bits per heavy atom. The monoisotopic (exact) mass is 484 g/mol. The van der Waals surface area contributed by atoms with Gasteiger partial charge in [0.1, 0.15) is 9.81 Å². The molecule has 3 aromatic rings. The van der Waals surface area contributed by atoms with E-state index in [1.165, 1.54) is 15.3 Å². The zero-order valence-corrected chi connectivity index (χ0v) is 18.9. The van der Waals surface area contributed by atoms with Crippen molar-refractivity contribution >= 4 is 54.3 Å². The first kappa shape index (κ1) is 20.9. The van der Waals surface area contributed by atoms with Gasteiger partial charge in [0.2, 0.25) is 0 Å². The van der Waals surface area contributed by atoms with Gasteiger partial charge in [-0.2, -0.15) is 8.42 Å². The third-order valence-corrected chi connectivity index (χ3v) is 7.65. The number of rotatable bonds is 5. The average molecular weight is 485 g/mol. The van der Waals surface area contributed by atoms with Gasteiger partial charge in [0.05, 0.1) is 9.30 Å². The molecule has 2 heterocycles. The number of fused-ring (bicyclic) bond motifs is 1. The van der Waals surface area contributed by atoms with E-state index in [0.29, 0.717) is 18.5 Å². The first-order valence-corrected chi connectivity index (χ1v) is 11.7. The van der Waals surface area contributed by atoms with Crippen LogP contribution in [-0.2, 0) is 21.2 Å². The first-order valence-electron chi connectivity index (χ1n) is 8.65. The number of carbonyl (C=O) groups excluding carboxylic acids is 1. The van der Waals surface area contributed by atoms with Gasteiger partial charge in [-0.15, -0.1) is 11.3 Å². The number of hydrogen-bond acceptors (Lipinski definition) is 5. The van der Waals surface area contributed by atoms with Crippen LogP contribution in [0, 0.1) is 0 Å². The number of halogens is 1. The number of para-hydroxylation sites is 1. The minimum Gasteiger partial charge on any atom is -0.444 e. The number of thiophene rings is 1. The molecule has 0 bridgehead atoms. The molecule has 0 fully saturated rings. The lowest BCUT2D eigenvalue weighted by Crippen LogP contribution is -2.33. The van der Waals surface area contributed by atoms with Gasteiger partial charge in [-0.3, -0.25) is 0 Å². The van der Waals surface area contributed by atoms with Gasteiger partial charge in [-0.25, -0.2) is 8.77 Å². The normalized spacial score (nSPS) is 12.3. The van der Waals surface area contributed by atoms with Crippen molar-refractivity contribution in [2.75, 3.05) is 6.54 Å². The second kappa shape index (κ2) is 7.88. The van der Waals surface area contributed by atoms with Crippen LogP contribution in [0.5, 0.6) is 0 Å². The molecule has 1 amide bonds. The fraction of sp³-hybridized carbons (Fsp3) is 0.316. The minimum absolute atomic E-state index is 0.263. The van der Waals surface area contributed by atoms with Crippen molar-refractivity contribution in [1.82, 2.24) is 9.29 Å². The van der Waals surface area contributed by atoms with Crippen LogP contribution in [0.2, 0.25) is 0 Å². The Balaban J connectivity index is 1.86. The van der Waals surface area contributed by atoms with E-state index in [2.05, 4.69) is 21.2 Å². The Morgan fingerprint density at radius 1 is 1.21 bits per heavy atom. The van der Waals surface area contributed by atoms with Crippen LogP contribution in [0.15, 0.2) is 50.6 Å². The lowest BCUT2D eigenvalue weighted by atomic mass is 10.1. The van der Waals surface area contributed by atoms with E-state index in [9.17, 15) is 13.2 Å². The van der Waals surface area contributed by atoms with Crippen molar-refractivity contribution in [1.29, 1.82) is 0 Å². The van der Waals surface area contributed by atoms with E-state index >= 15 is 0 Å². The molecule has 3 rings (SSSR count). The SMILES string of the molecule is CC(C)(C)OC(=O)NCCc1cn(S(=O)(=O)c2ccc(Br)s2)c2ccccc12. The second-order valence-electron chi connectivity index (χ2n) is 7.21. The molecule has 0 aliphatic rings. The largest absolute Gasteiger partial charge is 0.444 e.